The maximum atomic E-state index is 5.87. The number of aryl methyl sites for hydroxylation is 1. The Bertz CT molecular complexity index is 433. The van der Waals surface area contributed by atoms with Crippen LogP contribution in [0.2, 0.25) is 0 Å². The van der Waals surface area contributed by atoms with Crippen LogP contribution in [0.5, 0.6) is 11.5 Å². The third-order valence-electron chi connectivity index (χ3n) is 3.98. The van der Waals surface area contributed by atoms with E-state index in [-0.39, 0.29) is 24.8 Å². The number of nitrogens with zero attached hydrogens (tertiary/aromatic N) is 1. The fraction of sp³-hybridized carbons (Fsp3) is 0.625. The summed E-state index contributed by atoms with van der Waals surface area (Å²) in [4.78, 5) is 2.45. The van der Waals surface area contributed by atoms with Gasteiger partial charge in [-0.1, -0.05) is 12.5 Å². The van der Waals surface area contributed by atoms with Gasteiger partial charge in [0.2, 0.25) is 0 Å². The van der Waals surface area contributed by atoms with Crippen molar-refractivity contribution in [2.45, 2.75) is 32.2 Å². The van der Waals surface area contributed by atoms with E-state index in [1.54, 1.807) is 7.11 Å². The summed E-state index contributed by atoms with van der Waals surface area (Å²) in [6, 6.07) is 6.54. The number of benzene rings is 1. The molecule has 1 aliphatic heterocycles. The highest BCUT2D eigenvalue weighted by molar-refractivity contribution is 5.85. The van der Waals surface area contributed by atoms with Gasteiger partial charge in [0.15, 0.2) is 11.5 Å². The number of methoxy groups -OCH3 is 1. The van der Waals surface area contributed by atoms with Crippen LogP contribution in [-0.2, 0) is 0 Å². The first-order valence-corrected chi connectivity index (χ1v) is 7.46. The third kappa shape index (κ3) is 5.84. The van der Waals surface area contributed by atoms with Crippen LogP contribution in [-0.4, -0.2) is 44.3 Å². The first kappa shape index (κ1) is 21.3. The van der Waals surface area contributed by atoms with Crippen molar-refractivity contribution in [1.82, 2.24) is 4.90 Å². The Morgan fingerprint density at radius 2 is 2.00 bits per heavy atom. The minimum absolute atomic E-state index is 0. The standard InChI is InChI=1S/C16H26N2O2.2ClH/c1-13-6-7-15(16(11-13)19-2)20-10-9-18-8-4-3-5-14(18)12-17;;/h6-7,11,14H,3-5,8-10,12,17H2,1-2H3;2*1H. The molecule has 0 spiro atoms. The molecule has 128 valence electrons. The number of ether oxygens (including phenoxy) is 2. The fourth-order valence-electron chi connectivity index (χ4n) is 2.79. The number of rotatable bonds is 6. The number of hydrogen-bond donors (Lipinski definition) is 1. The van der Waals surface area contributed by atoms with Crippen LogP contribution in [0.1, 0.15) is 24.8 Å². The fourth-order valence-corrected chi connectivity index (χ4v) is 2.79. The maximum absolute atomic E-state index is 5.87. The minimum Gasteiger partial charge on any atom is -0.493 e. The minimum atomic E-state index is 0. The van der Waals surface area contributed by atoms with Crippen molar-refractivity contribution >= 4 is 24.8 Å². The summed E-state index contributed by atoms with van der Waals surface area (Å²) in [7, 11) is 1.68. The van der Waals surface area contributed by atoms with Crippen LogP contribution in [0.4, 0.5) is 0 Å². The SMILES string of the molecule is COc1cc(C)ccc1OCCN1CCCCC1CN.Cl.Cl. The molecule has 0 radical (unpaired) electrons. The van der Waals surface area contributed by atoms with Crippen LogP contribution in [0.25, 0.3) is 0 Å². The second-order valence-electron chi connectivity index (χ2n) is 5.42. The molecule has 1 aromatic carbocycles. The second kappa shape index (κ2) is 10.9. The quantitative estimate of drug-likeness (QED) is 0.856. The molecule has 0 amide bonds. The van der Waals surface area contributed by atoms with Crippen molar-refractivity contribution < 1.29 is 9.47 Å². The Kier molecular flexibility index (Phi) is 10.6. The topological polar surface area (TPSA) is 47.7 Å². The molecule has 2 rings (SSSR count). The van der Waals surface area contributed by atoms with Gasteiger partial charge in [-0.25, -0.2) is 0 Å². The highest BCUT2D eigenvalue weighted by atomic mass is 35.5. The summed E-state index contributed by atoms with van der Waals surface area (Å²) in [5.41, 5.74) is 7.01. The lowest BCUT2D eigenvalue weighted by Crippen LogP contribution is -2.45. The van der Waals surface area contributed by atoms with Crippen LogP contribution in [0, 0.1) is 6.92 Å². The molecule has 1 aliphatic rings. The third-order valence-corrected chi connectivity index (χ3v) is 3.98. The smallest absolute Gasteiger partial charge is 0.161 e. The average molecular weight is 351 g/mol. The lowest BCUT2D eigenvalue weighted by atomic mass is 10.0. The lowest BCUT2D eigenvalue weighted by Gasteiger charge is -2.34. The van der Waals surface area contributed by atoms with E-state index in [9.17, 15) is 0 Å². The molecule has 22 heavy (non-hydrogen) atoms. The van der Waals surface area contributed by atoms with E-state index in [0.29, 0.717) is 12.6 Å². The Morgan fingerprint density at radius 3 is 2.68 bits per heavy atom. The van der Waals surface area contributed by atoms with E-state index in [2.05, 4.69) is 4.90 Å². The zero-order valence-electron chi connectivity index (χ0n) is 13.4. The van der Waals surface area contributed by atoms with E-state index < -0.39 is 0 Å². The molecule has 0 saturated carbocycles. The Labute approximate surface area is 146 Å². The molecule has 1 saturated heterocycles. The first-order chi connectivity index (χ1) is 9.74. The molecule has 0 bridgehead atoms. The van der Waals surface area contributed by atoms with Crippen LogP contribution in [0.3, 0.4) is 0 Å². The number of piperidine rings is 1. The van der Waals surface area contributed by atoms with Crippen molar-refractivity contribution in [3.05, 3.63) is 23.8 Å². The normalized spacial score (nSPS) is 18.0. The van der Waals surface area contributed by atoms with E-state index in [1.165, 1.54) is 24.8 Å². The molecule has 2 N–H and O–H groups in total. The average Bonchev–Trinajstić information content (AvgIpc) is 2.49. The molecule has 0 aliphatic carbocycles. The lowest BCUT2D eigenvalue weighted by molar-refractivity contribution is 0.126. The molecule has 1 fully saturated rings. The Hall–Kier alpha value is -0.680. The van der Waals surface area contributed by atoms with Gasteiger partial charge in [-0.05, 0) is 44.0 Å². The number of hydrogen-bond acceptors (Lipinski definition) is 4. The van der Waals surface area contributed by atoms with Crippen LogP contribution >= 0.6 is 24.8 Å². The van der Waals surface area contributed by atoms with Crippen molar-refractivity contribution in [1.29, 1.82) is 0 Å². The van der Waals surface area contributed by atoms with Crippen LogP contribution < -0.4 is 15.2 Å². The largest absolute Gasteiger partial charge is 0.493 e. The highest BCUT2D eigenvalue weighted by Gasteiger charge is 2.20. The number of likely N-dealkylation sites (tertiary alicyclic amines) is 1. The molecular weight excluding hydrogens is 323 g/mol. The van der Waals surface area contributed by atoms with E-state index in [1.807, 2.05) is 25.1 Å². The highest BCUT2D eigenvalue weighted by Crippen LogP contribution is 2.27. The van der Waals surface area contributed by atoms with Crippen LogP contribution in [0.15, 0.2) is 18.2 Å². The van der Waals surface area contributed by atoms with Crippen molar-refractivity contribution in [2.24, 2.45) is 5.73 Å². The number of halogens is 2. The predicted octanol–water partition coefficient (Wildman–Crippen LogP) is 3.04. The summed E-state index contributed by atoms with van der Waals surface area (Å²) in [5.74, 6) is 1.62. The summed E-state index contributed by atoms with van der Waals surface area (Å²) >= 11 is 0. The Morgan fingerprint density at radius 1 is 1.23 bits per heavy atom. The van der Waals surface area contributed by atoms with Crippen molar-refractivity contribution in [3.8, 4) is 11.5 Å². The van der Waals surface area contributed by atoms with E-state index in [0.717, 1.165) is 31.1 Å². The van der Waals surface area contributed by atoms with E-state index >= 15 is 0 Å². The van der Waals surface area contributed by atoms with Gasteiger partial charge < -0.3 is 15.2 Å². The summed E-state index contributed by atoms with van der Waals surface area (Å²) < 4.78 is 11.2. The predicted molar refractivity (Wildman–Crippen MR) is 96.0 cm³/mol. The first-order valence-electron chi connectivity index (χ1n) is 7.46. The van der Waals surface area contributed by atoms with Gasteiger partial charge in [-0.15, -0.1) is 24.8 Å². The zero-order chi connectivity index (χ0) is 14.4. The van der Waals surface area contributed by atoms with Crippen molar-refractivity contribution in [3.63, 3.8) is 0 Å². The van der Waals surface area contributed by atoms with E-state index in [4.69, 9.17) is 15.2 Å². The molecule has 1 unspecified atom stereocenters. The monoisotopic (exact) mass is 350 g/mol. The van der Waals surface area contributed by atoms with Gasteiger partial charge in [0, 0.05) is 19.1 Å². The van der Waals surface area contributed by atoms with Gasteiger partial charge >= 0.3 is 0 Å². The molecule has 1 atom stereocenters. The summed E-state index contributed by atoms with van der Waals surface area (Å²) in [5, 5.41) is 0. The molecule has 1 heterocycles. The molecule has 4 nitrogen and oxygen atoms in total. The number of nitrogens with two attached hydrogens (primary N) is 1. The Balaban J connectivity index is 0.00000220. The molecule has 6 heteroatoms. The zero-order valence-corrected chi connectivity index (χ0v) is 15.0. The van der Waals surface area contributed by atoms with Gasteiger partial charge in [-0.3, -0.25) is 4.90 Å². The van der Waals surface area contributed by atoms with Gasteiger partial charge in [0.25, 0.3) is 0 Å². The second-order valence-corrected chi connectivity index (χ2v) is 5.42. The van der Waals surface area contributed by atoms with Gasteiger partial charge in [0.1, 0.15) is 6.61 Å². The molecule has 0 aromatic heterocycles. The van der Waals surface area contributed by atoms with Gasteiger partial charge in [0.05, 0.1) is 7.11 Å². The maximum Gasteiger partial charge on any atom is 0.161 e. The van der Waals surface area contributed by atoms with Crippen molar-refractivity contribution in [2.75, 3.05) is 33.4 Å². The molecule has 1 aromatic rings. The van der Waals surface area contributed by atoms with Gasteiger partial charge in [-0.2, -0.15) is 0 Å². The summed E-state index contributed by atoms with van der Waals surface area (Å²) in [6.07, 6.45) is 3.78. The summed E-state index contributed by atoms with van der Waals surface area (Å²) in [6.45, 7) is 5.53. The molecular formula is C16H28Cl2N2O2.